The third-order valence-corrected chi connectivity index (χ3v) is 7.47. The maximum Gasteiger partial charge on any atom is 0.262 e. The average Bonchev–Trinajstić information content (AvgIpc) is 3.54. The van der Waals surface area contributed by atoms with Gasteiger partial charge in [-0.15, -0.1) is 0 Å². The van der Waals surface area contributed by atoms with Crippen molar-refractivity contribution in [1.82, 2.24) is 24.6 Å². The molecule has 2 atom stereocenters. The number of fused-ring (bicyclic) bond motifs is 2. The van der Waals surface area contributed by atoms with Crippen molar-refractivity contribution in [1.29, 1.82) is 0 Å². The van der Waals surface area contributed by atoms with Crippen molar-refractivity contribution in [2.24, 2.45) is 5.92 Å². The molecule has 1 aliphatic heterocycles. The summed E-state index contributed by atoms with van der Waals surface area (Å²) < 4.78 is 2.01. The van der Waals surface area contributed by atoms with Gasteiger partial charge in [-0.3, -0.25) is 9.69 Å². The van der Waals surface area contributed by atoms with Gasteiger partial charge in [-0.25, -0.2) is 9.67 Å². The lowest BCUT2D eigenvalue weighted by Gasteiger charge is -2.17. The highest BCUT2D eigenvalue weighted by molar-refractivity contribution is 5.85. The molecule has 2 aliphatic rings. The van der Waals surface area contributed by atoms with Gasteiger partial charge in [0.25, 0.3) is 5.56 Å². The molecule has 1 aliphatic carbocycles. The number of aromatic nitrogens is 4. The summed E-state index contributed by atoms with van der Waals surface area (Å²) in [6, 6.07) is 15.5. The second kappa shape index (κ2) is 7.85. The molecule has 164 valence electrons. The van der Waals surface area contributed by atoms with Crippen molar-refractivity contribution in [3.8, 4) is 0 Å². The molecule has 1 saturated heterocycles. The second-order valence-electron chi connectivity index (χ2n) is 9.63. The fourth-order valence-electron chi connectivity index (χ4n) is 5.77. The molecular formula is C26H29N5O. The van der Waals surface area contributed by atoms with Gasteiger partial charge in [0.05, 0.1) is 12.2 Å². The van der Waals surface area contributed by atoms with E-state index in [1.807, 2.05) is 4.68 Å². The van der Waals surface area contributed by atoms with Gasteiger partial charge >= 0.3 is 0 Å². The minimum Gasteiger partial charge on any atom is -0.310 e. The standard InChI is InChI=1S/C26H29N5O/c1-17-14-30(15-19-9-6-8-18-7-2-5-12-21(18)19)16-23(17)24-28-25-22(26(32)29-24)13-27-31(25)20-10-3-4-11-20/h2,5-9,12-13,17,20,23H,3-4,10-11,14-16H2,1H3,(H,28,29,32)/t17-,23-/m1/s1. The van der Waals surface area contributed by atoms with Crippen molar-refractivity contribution >= 4 is 21.8 Å². The van der Waals surface area contributed by atoms with Crippen molar-refractivity contribution in [2.75, 3.05) is 13.1 Å². The van der Waals surface area contributed by atoms with E-state index < -0.39 is 0 Å². The van der Waals surface area contributed by atoms with Crippen molar-refractivity contribution in [3.05, 3.63) is 70.4 Å². The maximum absolute atomic E-state index is 12.8. The van der Waals surface area contributed by atoms with E-state index in [0.29, 0.717) is 17.3 Å². The van der Waals surface area contributed by atoms with Gasteiger partial charge in [-0.1, -0.05) is 62.2 Å². The molecule has 0 spiro atoms. The zero-order chi connectivity index (χ0) is 21.7. The van der Waals surface area contributed by atoms with Crippen molar-refractivity contribution < 1.29 is 0 Å². The van der Waals surface area contributed by atoms with E-state index in [4.69, 9.17) is 4.98 Å². The van der Waals surface area contributed by atoms with E-state index >= 15 is 0 Å². The van der Waals surface area contributed by atoms with Crippen LogP contribution in [0.15, 0.2) is 53.5 Å². The van der Waals surface area contributed by atoms with Gasteiger partial charge < -0.3 is 4.98 Å². The summed E-state index contributed by atoms with van der Waals surface area (Å²) in [6.45, 7) is 5.08. The molecule has 6 nitrogen and oxygen atoms in total. The van der Waals surface area contributed by atoms with E-state index in [2.05, 4.69) is 64.4 Å². The van der Waals surface area contributed by atoms with Crippen LogP contribution < -0.4 is 5.56 Å². The molecule has 0 bridgehead atoms. The van der Waals surface area contributed by atoms with Crippen LogP contribution in [0.2, 0.25) is 0 Å². The van der Waals surface area contributed by atoms with Gasteiger partial charge in [0.1, 0.15) is 11.2 Å². The zero-order valence-corrected chi connectivity index (χ0v) is 18.5. The Morgan fingerprint density at radius 2 is 1.84 bits per heavy atom. The molecule has 0 amide bonds. The van der Waals surface area contributed by atoms with E-state index in [1.54, 1.807) is 6.20 Å². The van der Waals surface area contributed by atoms with Gasteiger partial charge in [-0.05, 0) is 35.1 Å². The van der Waals surface area contributed by atoms with E-state index in [9.17, 15) is 4.79 Å². The Balaban J connectivity index is 1.29. The molecule has 0 radical (unpaired) electrons. The molecule has 0 unspecified atom stereocenters. The first-order chi connectivity index (χ1) is 15.7. The molecule has 2 aromatic carbocycles. The largest absolute Gasteiger partial charge is 0.310 e. The maximum atomic E-state index is 12.8. The molecule has 3 heterocycles. The monoisotopic (exact) mass is 427 g/mol. The van der Waals surface area contributed by atoms with Crippen LogP contribution in [0.25, 0.3) is 21.8 Å². The normalized spacial score (nSPS) is 22.4. The highest BCUT2D eigenvalue weighted by Gasteiger charge is 2.33. The summed E-state index contributed by atoms with van der Waals surface area (Å²) in [5, 5.41) is 7.76. The summed E-state index contributed by atoms with van der Waals surface area (Å²) in [5.74, 6) is 1.46. The van der Waals surface area contributed by atoms with Crippen LogP contribution in [0.5, 0.6) is 0 Å². The number of rotatable bonds is 4. The summed E-state index contributed by atoms with van der Waals surface area (Å²) >= 11 is 0. The van der Waals surface area contributed by atoms with E-state index in [1.165, 1.54) is 29.2 Å². The molecule has 1 N–H and O–H groups in total. The van der Waals surface area contributed by atoms with Crippen LogP contribution in [-0.4, -0.2) is 37.7 Å². The molecule has 32 heavy (non-hydrogen) atoms. The fourth-order valence-corrected chi connectivity index (χ4v) is 5.77. The number of nitrogens with one attached hydrogen (secondary N) is 1. The lowest BCUT2D eigenvalue weighted by atomic mass is 9.97. The molecule has 6 rings (SSSR count). The van der Waals surface area contributed by atoms with Gasteiger partial charge in [-0.2, -0.15) is 5.10 Å². The molecule has 2 fully saturated rings. The van der Waals surface area contributed by atoms with Gasteiger partial charge in [0.2, 0.25) is 0 Å². The van der Waals surface area contributed by atoms with Gasteiger partial charge in [0, 0.05) is 25.6 Å². The number of likely N-dealkylation sites (tertiary alicyclic amines) is 1. The molecule has 2 aromatic heterocycles. The fraction of sp³-hybridized carbons (Fsp3) is 0.423. The number of nitrogens with zero attached hydrogens (tertiary/aromatic N) is 4. The Morgan fingerprint density at radius 1 is 1.03 bits per heavy atom. The smallest absolute Gasteiger partial charge is 0.262 e. The summed E-state index contributed by atoms with van der Waals surface area (Å²) in [5.41, 5.74) is 2.05. The Labute approximate surface area is 187 Å². The lowest BCUT2D eigenvalue weighted by molar-refractivity contribution is 0.319. The third-order valence-electron chi connectivity index (χ3n) is 7.47. The topological polar surface area (TPSA) is 66.8 Å². The third kappa shape index (κ3) is 3.34. The van der Waals surface area contributed by atoms with Crippen LogP contribution in [0.4, 0.5) is 0 Å². The highest BCUT2D eigenvalue weighted by Crippen LogP contribution is 2.34. The molecule has 4 aromatic rings. The van der Waals surface area contributed by atoms with Crippen LogP contribution in [-0.2, 0) is 6.54 Å². The van der Waals surface area contributed by atoms with Crippen LogP contribution in [0.1, 0.15) is 56.0 Å². The Morgan fingerprint density at radius 3 is 2.72 bits per heavy atom. The molecule has 6 heteroatoms. The summed E-state index contributed by atoms with van der Waals surface area (Å²) in [4.78, 5) is 23.4. The van der Waals surface area contributed by atoms with E-state index in [-0.39, 0.29) is 11.5 Å². The van der Waals surface area contributed by atoms with E-state index in [0.717, 1.165) is 43.9 Å². The lowest BCUT2D eigenvalue weighted by Crippen LogP contribution is -2.22. The quantitative estimate of drug-likeness (QED) is 0.516. The van der Waals surface area contributed by atoms with Crippen LogP contribution in [0, 0.1) is 5.92 Å². The number of benzene rings is 2. The van der Waals surface area contributed by atoms with Crippen molar-refractivity contribution in [2.45, 2.75) is 51.1 Å². The molecular weight excluding hydrogens is 398 g/mol. The number of hydrogen-bond acceptors (Lipinski definition) is 4. The number of aromatic amines is 1. The van der Waals surface area contributed by atoms with Crippen molar-refractivity contribution in [3.63, 3.8) is 0 Å². The minimum atomic E-state index is -0.0612. The first kappa shape index (κ1) is 19.7. The average molecular weight is 428 g/mol. The summed E-state index contributed by atoms with van der Waals surface area (Å²) in [7, 11) is 0. The number of H-pyrrole nitrogens is 1. The predicted molar refractivity (Wildman–Crippen MR) is 127 cm³/mol. The van der Waals surface area contributed by atoms with Gasteiger partial charge in [0.15, 0.2) is 5.65 Å². The van der Waals surface area contributed by atoms with Crippen LogP contribution in [0.3, 0.4) is 0 Å². The predicted octanol–water partition coefficient (Wildman–Crippen LogP) is 4.62. The zero-order valence-electron chi connectivity index (χ0n) is 18.5. The Hall–Kier alpha value is -2.99. The Kier molecular flexibility index (Phi) is 4.83. The minimum absolute atomic E-state index is 0.0612. The Bertz CT molecular complexity index is 1330. The summed E-state index contributed by atoms with van der Waals surface area (Å²) in [6.07, 6.45) is 6.39. The SMILES string of the molecule is C[C@@H]1CN(Cc2cccc3ccccc23)C[C@H]1c1nc2c(cnn2C2CCCC2)c(=O)[nH]1. The first-order valence-electron chi connectivity index (χ1n) is 11.8. The second-order valence-corrected chi connectivity index (χ2v) is 9.63. The van der Waals surface area contributed by atoms with Crippen LogP contribution >= 0.6 is 0 Å². The number of hydrogen-bond donors (Lipinski definition) is 1. The molecule has 1 saturated carbocycles. The first-order valence-corrected chi connectivity index (χ1v) is 11.8. The highest BCUT2D eigenvalue weighted by atomic mass is 16.1.